The van der Waals surface area contributed by atoms with Gasteiger partial charge in [0.15, 0.2) is 0 Å². The van der Waals surface area contributed by atoms with Gasteiger partial charge in [-0.2, -0.15) is 0 Å². The molecule has 1 aromatic rings. The predicted molar refractivity (Wildman–Crippen MR) is 71.8 cm³/mol. The maximum absolute atomic E-state index is 6.03. The molecule has 92 valence electrons. The zero-order chi connectivity index (χ0) is 12.1. The van der Waals surface area contributed by atoms with Crippen molar-refractivity contribution in [1.29, 1.82) is 0 Å². The summed E-state index contributed by atoms with van der Waals surface area (Å²) >= 11 is 0. The summed E-state index contributed by atoms with van der Waals surface area (Å²) in [6, 6.07) is 4.58. The number of rotatable bonds is 3. The van der Waals surface area contributed by atoms with Crippen LogP contribution in [0.15, 0.2) is 30.0 Å². The first-order chi connectivity index (χ1) is 8.28. The number of hydrogen-bond acceptors (Lipinski definition) is 2. The van der Waals surface area contributed by atoms with E-state index in [1.165, 1.54) is 36.1 Å². The van der Waals surface area contributed by atoms with Gasteiger partial charge in [-0.3, -0.25) is 4.98 Å². The van der Waals surface area contributed by atoms with Gasteiger partial charge in [-0.05, 0) is 37.3 Å². The summed E-state index contributed by atoms with van der Waals surface area (Å²) in [4.78, 5) is 4.52. The molecule has 0 saturated carbocycles. The lowest BCUT2D eigenvalue weighted by Crippen LogP contribution is -2.16. The Kier molecular flexibility index (Phi) is 4.32. The minimum atomic E-state index is 0.252. The van der Waals surface area contributed by atoms with Crippen LogP contribution < -0.4 is 5.73 Å². The Balaban J connectivity index is 2.03. The Morgan fingerprint density at radius 2 is 2.24 bits per heavy atom. The Morgan fingerprint density at radius 1 is 1.35 bits per heavy atom. The standard InChI is InChI=1S/C15H22N2/c1-2-12-7-8-15(17-11-12)10-13-5-3-4-6-14(16)9-13/h7-9,11,14H,2-6,10,16H2,1H3. The Bertz CT molecular complexity index is 378. The summed E-state index contributed by atoms with van der Waals surface area (Å²) in [7, 11) is 0. The van der Waals surface area contributed by atoms with Crippen molar-refractivity contribution in [2.24, 2.45) is 5.73 Å². The van der Waals surface area contributed by atoms with Crippen molar-refractivity contribution in [2.45, 2.75) is 51.5 Å². The van der Waals surface area contributed by atoms with Crippen molar-refractivity contribution < 1.29 is 0 Å². The molecule has 0 fully saturated rings. The van der Waals surface area contributed by atoms with Crippen LogP contribution in [0.4, 0.5) is 0 Å². The van der Waals surface area contributed by atoms with Crippen LogP contribution in [0.1, 0.15) is 43.9 Å². The molecular weight excluding hydrogens is 208 g/mol. The average Bonchev–Trinajstić information content (AvgIpc) is 2.55. The van der Waals surface area contributed by atoms with Crippen LogP contribution in [0.5, 0.6) is 0 Å². The summed E-state index contributed by atoms with van der Waals surface area (Å²) < 4.78 is 0. The highest BCUT2D eigenvalue weighted by Gasteiger charge is 2.09. The third-order valence-electron chi connectivity index (χ3n) is 3.44. The fraction of sp³-hybridized carbons (Fsp3) is 0.533. The summed E-state index contributed by atoms with van der Waals surface area (Å²) in [5.41, 5.74) is 9.97. The molecule has 2 N–H and O–H groups in total. The molecule has 1 aliphatic rings. The lowest BCUT2D eigenvalue weighted by atomic mass is 10.0. The number of aromatic nitrogens is 1. The zero-order valence-corrected chi connectivity index (χ0v) is 10.7. The monoisotopic (exact) mass is 230 g/mol. The van der Waals surface area contributed by atoms with E-state index >= 15 is 0 Å². The Labute approximate surface area is 104 Å². The van der Waals surface area contributed by atoms with Gasteiger partial charge in [0, 0.05) is 24.4 Å². The molecule has 0 aliphatic heterocycles. The molecular formula is C15H22N2. The molecule has 0 bridgehead atoms. The van der Waals surface area contributed by atoms with E-state index < -0.39 is 0 Å². The molecule has 0 radical (unpaired) electrons. The van der Waals surface area contributed by atoms with Crippen LogP contribution in [0.25, 0.3) is 0 Å². The van der Waals surface area contributed by atoms with E-state index in [2.05, 4.69) is 30.1 Å². The summed E-state index contributed by atoms with van der Waals surface area (Å²) in [6.45, 7) is 2.16. The van der Waals surface area contributed by atoms with E-state index in [-0.39, 0.29) is 6.04 Å². The minimum Gasteiger partial charge on any atom is -0.324 e. The largest absolute Gasteiger partial charge is 0.324 e. The highest BCUT2D eigenvalue weighted by molar-refractivity contribution is 5.20. The quantitative estimate of drug-likeness (QED) is 0.811. The molecule has 1 aliphatic carbocycles. The van der Waals surface area contributed by atoms with E-state index in [9.17, 15) is 0 Å². The third-order valence-corrected chi connectivity index (χ3v) is 3.44. The van der Waals surface area contributed by atoms with Crippen molar-refractivity contribution in [3.05, 3.63) is 41.2 Å². The topological polar surface area (TPSA) is 38.9 Å². The van der Waals surface area contributed by atoms with Crippen molar-refractivity contribution in [3.8, 4) is 0 Å². The maximum atomic E-state index is 6.03. The molecule has 2 nitrogen and oxygen atoms in total. The van der Waals surface area contributed by atoms with Gasteiger partial charge in [-0.1, -0.05) is 31.1 Å². The first kappa shape index (κ1) is 12.3. The van der Waals surface area contributed by atoms with Gasteiger partial charge in [0.05, 0.1) is 0 Å². The molecule has 1 aromatic heterocycles. The normalized spacial score (nSPS) is 20.8. The second-order valence-electron chi connectivity index (χ2n) is 4.92. The fourth-order valence-corrected chi connectivity index (χ4v) is 2.35. The number of pyridine rings is 1. The fourth-order valence-electron chi connectivity index (χ4n) is 2.35. The zero-order valence-electron chi connectivity index (χ0n) is 10.7. The van der Waals surface area contributed by atoms with Crippen molar-refractivity contribution in [2.75, 3.05) is 0 Å². The van der Waals surface area contributed by atoms with Gasteiger partial charge in [-0.15, -0.1) is 0 Å². The third kappa shape index (κ3) is 3.67. The first-order valence-electron chi connectivity index (χ1n) is 6.67. The van der Waals surface area contributed by atoms with Gasteiger partial charge in [-0.25, -0.2) is 0 Å². The number of aryl methyl sites for hydroxylation is 1. The number of hydrogen-bond donors (Lipinski definition) is 1. The van der Waals surface area contributed by atoms with Crippen molar-refractivity contribution in [1.82, 2.24) is 4.98 Å². The predicted octanol–water partition coefficient (Wildman–Crippen LogP) is 3.01. The molecule has 17 heavy (non-hydrogen) atoms. The Hall–Kier alpha value is -1.15. The smallest absolute Gasteiger partial charge is 0.0444 e. The number of nitrogens with two attached hydrogens (primary N) is 1. The van der Waals surface area contributed by atoms with Gasteiger partial charge in [0.1, 0.15) is 0 Å². The van der Waals surface area contributed by atoms with E-state index in [1.807, 2.05) is 6.20 Å². The van der Waals surface area contributed by atoms with E-state index in [4.69, 9.17) is 5.73 Å². The Morgan fingerprint density at radius 3 is 2.94 bits per heavy atom. The average molecular weight is 230 g/mol. The van der Waals surface area contributed by atoms with Gasteiger partial charge >= 0.3 is 0 Å². The summed E-state index contributed by atoms with van der Waals surface area (Å²) in [5, 5.41) is 0. The van der Waals surface area contributed by atoms with E-state index in [0.717, 1.165) is 19.3 Å². The molecule has 0 amide bonds. The molecule has 0 aromatic carbocycles. The highest BCUT2D eigenvalue weighted by atomic mass is 14.7. The van der Waals surface area contributed by atoms with Crippen molar-refractivity contribution in [3.63, 3.8) is 0 Å². The number of allylic oxidation sites excluding steroid dienone is 1. The van der Waals surface area contributed by atoms with Crippen LogP contribution in [-0.4, -0.2) is 11.0 Å². The molecule has 0 spiro atoms. The molecule has 1 atom stereocenters. The second kappa shape index (κ2) is 5.97. The molecule has 1 unspecified atom stereocenters. The van der Waals surface area contributed by atoms with Crippen LogP contribution in [-0.2, 0) is 12.8 Å². The van der Waals surface area contributed by atoms with Gasteiger partial charge < -0.3 is 5.73 Å². The van der Waals surface area contributed by atoms with Crippen LogP contribution >= 0.6 is 0 Å². The lowest BCUT2D eigenvalue weighted by Gasteiger charge is -2.07. The van der Waals surface area contributed by atoms with Gasteiger partial charge in [0.2, 0.25) is 0 Å². The molecule has 2 rings (SSSR count). The van der Waals surface area contributed by atoms with Crippen LogP contribution in [0.3, 0.4) is 0 Å². The van der Waals surface area contributed by atoms with Crippen LogP contribution in [0, 0.1) is 0 Å². The molecule has 2 heteroatoms. The number of nitrogens with zero attached hydrogens (tertiary/aromatic N) is 1. The summed E-state index contributed by atoms with van der Waals surface area (Å²) in [6.07, 6.45) is 11.1. The van der Waals surface area contributed by atoms with Crippen molar-refractivity contribution >= 4 is 0 Å². The van der Waals surface area contributed by atoms with Gasteiger partial charge in [0.25, 0.3) is 0 Å². The van der Waals surface area contributed by atoms with E-state index in [1.54, 1.807) is 0 Å². The van der Waals surface area contributed by atoms with Crippen LogP contribution in [0.2, 0.25) is 0 Å². The first-order valence-corrected chi connectivity index (χ1v) is 6.67. The SMILES string of the molecule is CCc1ccc(CC2=CC(N)CCCC2)nc1. The summed E-state index contributed by atoms with van der Waals surface area (Å²) in [5.74, 6) is 0. The minimum absolute atomic E-state index is 0.252. The van der Waals surface area contributed by atoms with E-state index in [0.29, 0.717) is 0 Å². The molecule has 1 heterocycles. The maximum Gasteiger partial charge on any atom is 0.0444 e. The second-order valence-corrected chi connectivity index (χ2v) is 4.92. The molecule has 0 saturated heterocycles. The highest BCUT2D eigenvalue weighted by Crippen LogP contribution is 2.19. The lowest BCUT2D eigenvalue weighted by molar-refractivity contribution is 0.654.